The zero-order valence-electron chi connectivity index (χ0n) is 13.6. The van der Waals surface area contributed by atoms with Crippen molar-refractivity contribution in [3.8, 4) is 5.75 Å². The average molecular weight is 302 g/mol. The fourth-order valence-corrected chi connectivity index (χ4v) is 3.48. The lowest BCUT2D eigenvalue weighted by atomic mass is 9.87. The normalized spacial score (nSPS) is 20.1. The number of nitrogens with zero attached hydrogens (tertiary/aromatic N) is 2. The van der Waals surface area contributed by atoms with Gasteiger partial charge in [-0.2, -0.15) is 0 Å². The van der Waals surface area contributed by atoms with E-state index in [-0.39, 0.29) is 12.5 Å². The quantitative estimate of drug-likeness (QED) is 0.857. The number of anilines is 1. The number of ether oxygens (including phenoxy) is 1. The van der Waals surface area contributed by atoms with Crippen molar-refractivity contribution in [1.29, 1.82) is 0 Å². The van der Waals surface area contributed by atoms with E-state index in [2.05, 4.69) is 18.7 Å². The summed E-state index contributed by atoms with van der Waals surface area (Å²) in [5.74, 6) is 2.54. The maximum Gasteiger partial charge on any atom is 0.265 e. The van der Waals surface area contributed by atoms with E-state index in [1.54, 1.807) is 0 Å². The summed E-state index contributed by atoms with van der Waals surface area (Å²) in [4.78, 5) is 16.5. The summed E-state index contributed by atoms with van der Waals surface area (Å²) in [5.41, 5.74) is 0.913. The number of piperidine rings is 1. The topological polar surface area (TPSA) is 32.8 Å². The Labute approximate surface area is 133 Å². The van der Waals surface area contributed by atoms with Gasteiger partial charge in [-0.1, -0.05) is 26.0 Å². The van der Waals surface area contributed by atoms with Gasteiger partial charge in [-0.25, -0.2) is 0 Å². The Bertz CT molecular complexity index is 522. The summed E-state index contributed by atoms with van der Waals surface area (Å²) in [6.07, 6.45) is 2.57. The van der Waals surface area contributed by atoms with E-state index in [0.29, 0.717) is 0 Å². The van der Waals surface area contributed by atoms with Gasteiger partial charge < -0.3 is 14.5 Å². The zero-order chi connectivity index (χ0) is 15.5. The molecule has 0 atom stereocenters. The maximum atomic E-state index is 12.2. The molecule has 0 spiro atoms. The molecule has 1 aromatic carbocycles. The Morgan fingerprint density at radius 1 is 1.18 bits per heavy atom. The molecule has 3 rings (SSSR count). The van der Waals surface area contributed by atoms with Crippen molar-refractivity contribution < 1.29 is 9.53 Å². The van der Waals surface area contributed by atoms with Gasteiger partial charge in [0.2, 0.25) is 0 Å². The molecule has 4 nitrogen and oxygen atoms in total. The van der Waals surface area contributed by atoms with E-state index in [0.717, 1.165) is 49.5 Å². The molecule has 0 bridgehead atoms. The molecule has 1 saturated heterocycles. The van der Waals surface area contributed by atoms with Crippen LogP contribution in [-0.2, 0) is 4.79 Å². The summed E-state index contributed by atoms with van der Waals surface area (Å²) >= 11 is 0. The molecule has 0 saturated carbocycles. The lowest BCUT2D eigenvalue weighted by Crippen LogP contribution is -2.45. The molecule has 2 aliphatic rings. The molecular weight excluding hydrogens is 276 g/mol. The minimum absolute atomic E-state index is 0.0655. The highest BCUT2D eigenvalue weighted by Gasteiger charge is 2.26. The number of hydrogen-bond acceptors (Lipinski definition) is 3. The molecule has 2 aliphatic heterocycles. The number of carbonyl (C=O) groups is 1. The second-order valence-electron chi connectivity index (χ2n) is 6.72. The first-order valence-corrected chi connectivity index (χ1v) is 8.39. The highest BCUT2D eigenvalue weighted by Crippen LogP contribution is 2.31. The first-order chi connectivity index (χ1) is 10.6. The van der Waals surface area contributed by atoms with Crippen molar-refractivity contribution in [3.63, 3.8) is 0 Å². The third-order valence-electron chi connectivity index (χ3n) is 5.02. The number of fused-ring (bicyclic) bond motifs is 1. The van der Waals surface area contributed by atoms with E-state index in [9.17, 15) is 4.79 Å². The van der Waals surface area contributed by atoms with E-state index in [1.165, 1.54) is 12.8 Å². The third kappa shape index (κ3) is 3.27. The molecule has 0 aromatic heterocycles. The second kappa shape index (κ2) is 6.69. The average Bonchev–Trinajstić information content (AvgIpc) is 2.54. The van der Waals surface area contributed by atoms with Gasteiger partial charge >= 0.3 is 0 Å². The number of likely N-dealkylation sites (tertiary alicyclic amines) is 1. The number of benzene rings is 1. The Hall–Kier alpha value is -1.55. The first-order valence-electron chi connectivity index (χ1n) is 8.39. The van der Waals surface area contributed by atoms with Gasteiger partial charge in [0.15, 0.2) is 6.61 Å². The van der Waals surface area contributed by atoms with Crippen LogP contribution in [0.1, 0.15) is 26.7 Å². The third-order valence-corrected chi connectivity index (χ3v) is 5.02. The standard InChI is InChI=1S/C18H26N2O2/c1-14(2)15-7-9-19(10-8-15)11-12-20-16-5-3-4-6-17(16)22-13-18(20)21/h3-6,14-15H,7-13H2,1-2H3. The zero-order valence-corrected chi connectivity index (χ0v) is 13.6. The van der Waals surface area contributed by atoms with E-state index in [1.807, 2.05) is 29.2 Å². The number of carbonyl (C=O) groups excluding carboxylic acids is 1. The summed E-state index contributed by atoms with van der Waals surface area (Å²) in [5, 5.41) is 0. The Kier molecular flexibility index (Phi) is 4.67. The van der Waals surface area contributed by atoms with Crippen LogP contribution in [0.2, 0.25) is 0 Å². The molecule has 1 aromatic rings. The number of hydrogen-bond donors (Lipinski definition) is 0. The van der Waals surface area contributed by atoms with Crippen LogP contribution in [0.25, 0.3) is 0 Å². The molecule has 0 aliphatic carbocycles. The van der Waals surface area contributed by atoms with Crippen molar-refractivity contribution in [3.05, 3.63) is 24.3 Å². The van der Waals surface area contributed by atoms with Crippen LogP contribution < -0.4 is 9.64 Å². The van der Waals surface area contributed by atoms with Crippen LogP contribution in [0.5, 0.6) is 5.75 Å². The van der Waals surface area contributed by atoms with Gasteiger partial charge in [0.1, 0.15) is 5.75 Å². The number of rotatable bonds is 4. The first kappa shape index (κ1) is 15.3. The van der Waals surface area contributed by atoms with Crippen LogP contribution >= 0.6 is 0 Å². The van der Waals surface area contributed by atoms with Crippen molar-refractivity contribution in [2.24, 2.45) is 11.8 Å². The van der Waals surface area contributed by atoms with Gasteiger partial charge in [0.05, 0.1) is 5.69 Å². The van der Waals surface area contributed by atoms with Gasteiger partial charge in [-0.05, 0) is 49.9 Å². The van der Waals surface area contributed by atoms with E-state index < -0.39 is 0 Å². The molecule has 0 radical (unpaired) electrons. The van der Waals surface area contributed by atoms with E-state index in [4.69, 9.17) is 4.74 Å². The Morgan fingerprint density at radius 3 is 2.64 bits per heavy atom. The summed E-state index contributed by atoms with van der Waals surface area (Å²) < 4.78 is 5.49. The van der Waals surface area contributed by atoms with Crippen LogP contribution in [0.15, 0.2) is 24.3 Å². The fraction of sp³-hybridized carbons (Fsp3) is 0.611. The Balaban J connectivity index is 1.57. The highest BCUT2D eigenvalue weighted by atomic mass is 16.5. The summed E-state index contributed by atoms with van der Waals surface area (Å²) in [7, 11) is 0. The predicted octanol–water partition coefficient (Wildman–Crippen LogP) is 2.78. The van der Waals surface area contributed by atoms with Crippen LogP contribution in [-0.4, -0.2) is 43.6 Å². The fourth-order valence-electron chi connectivity index (χ4n) is 3.48. The molecular formula is C18H26N2O2. The van der Waals surface area contributed by atoms with Crippen LogP contribution in [0.4, 0.5) is 5.69 Å². The molecule has 120 valence electrons. The summed E-state index contributed by atoms with van der Waals surface area (Å²) in [6, 6.07) is 7.81. The SMILES string of the molecule is CC(C)C1CCN(CCN2C(=O)COc3ccccc32)CC1. The molecule has 2 heterocycles. The van der Waals surface area contributed by atoms with Crippen molar-refractivity contribution in [2.45, 2.75) is 26.7 Å². The van der Waals surface area contributed by atoms with Gasteiger partial charge in [0, 0.05) is 13.1 Å². The molecule has 0 N–H and O–H groups in total. The lowest BCUT2D eigenvalue weighted by molar-refractivity contribution is -0.121. The highest BCUT2D eigenvalue weighted by molar-refractivity contribution is 5.97. The molecule has 0 unspecified atom stereocenters. The number of para-hydroxylation sites is 2. The second-order valence-corrected chi connectivity index (χ2v) is 6.72. The molecule has 1 amide bonds. The minimum atomic E-state index is 0.0655. The van der Waals surface area contributed by atoms with Crippen molar-refractivity contribution in [2.75, 3.05) is 37.7 Å². The maximum absolute atomic E-state index is 12.2. The summed E-state index contributed by atoms with van der Waals surface area (Å²) in [6.45, 7) is 8.82. The predicted molar refractivity (Wildman–Crippen MR) is 88.3 cm³/mol. The molecule has 22 heavy (non-hydrogen) atoms. The van der Waals surface area contributed by atoms with Crippen molar-refractivity contribution in [1.82, 2.24) is 4.90 Å². The van der Waals surface area contributed by atoms with Gasteiger partial charge in [0.25, 0.3) is 5.91 Å². The Morgan fingerprint density at radius 2 is 1.91 bits per heavy atom. The van der Waals surface area contributed by atoms with Crippen molar-refractivity contribution >= 4 is 11.6 Å². The molecule has 1 fully saturated rings. The smallest absolute Gasteiger partial charge is 0.265 e. The van der Waals surface area contributed by atoms with Gasteiger partial charge in [-0.3, -0.25) is 4.79 Å². The van der Waals surface area contributed by atoms with Crippen LogP contribution in [0, 0.1) is 11.8 Å². The molecule has 4 heteroatoms. The number of amides is 1. The largest absolute Gasteiger partial charge is 0.482 e. The van der Waals surface area contributed by atoms with Gasteiger partial charge in [-0.15, -0.1) is 0 Å². The van der Waals surface area contributed by atoms with E-state index >= 15 is 0 Å². The monoisotopic (exact) mass is 302 g/mol. The minimum Gasteiger partial charge on any atom is -0.482 e. The van der Waals surface area contributed by atoms with Crippen LogP contribution in [0.3, 0.4) is 0 Å². The lowest BCUT2D eigenvalue weighted by Gasteiger charge is -2.36.